The number of hydrogen-bond donors (Lipinski definition) is 0. The van der Waals surface area contributed by atoms with Gasteiger partial charge in [0.05, 0.1) is 17.9 Å². The minimum atomic E-state index is -3.51. The number of halogens is 1. The number of nitrogens with zero attached hydrogens (tertiary/aromatic N) is 1. The third-order valence-corrected chi connectivity index (χ3v) is 5.74. The predicted molar refractivity (Wildman–Crippen MR) is 78.0 cm³/mol. The van der Waals surface area contributed by atoms with Gasteiger partial charge in [0.15, 0.2) is 0 Å². The van der Waals surface area contributed by atoms with Crippen LogP contribution in [-0.4, -0.2) is 38.9 Å². The van der Waals surface area contributed by atoms with Crippen molar-refractivity contribution in [2.75, 3.05) is 20.2 Å². The first kappa shape index (κ1) is 14.7. The molecule has 2 rings (SSSR count). The third kappa shape index (κ3) is 3.09. The molecule has 0 amide bonds. The minimum Gasteiger partial charge on any atom is -0.469 e. The van der Waals surface area contributed by atoms with Gasteiger partial charge in [-0.05, 0) is 53.3 Å². The second kappa shape index (κ2) is 5.76. The second-order valence-electron chi connectivity index (χ2n) is 4.33. The molecule has 1 atom stereocenters. The molecule has 0 radical (unpaired) electrons. The SMILES string of the molecule is COC(=O)C1CCN(S(=O)(=O)c2ccc(I)cc2)C1. The van der Waals surface area contributed by atoms with Gasteiger partial charge >= 0.3 is 5.97 Å². The van der Waals surface area contributed by atoms with Crippen LogP contribution < -0.4 is 0 Å². The number of carbonyl (C=O) groups is 1. The number of rotatable bonds is 3. The van der Waals surface area contributed by atoms with Crippen LogP contribution in [0.2, 0.25) is 0 Å². The van der Waals surface area contributed by atoms with Gasteiger partial charge in [-0.2, -0.15) is 4.31 Å². The van der Waals surface area contributed by atoms with Crippen LogP contribution >= 0.6 is 22.6 Å². The topological polar surface area (TPSA) is 63.7 Å². The maximum absolute atomic E-state index is 12.4. The molecule has 7 heteroatoms. The van der Waals surface area contributed by atoms with Crippen LogP contribution in [0, 0.1) is 9.49 Å². The molecule has 0 aliphatic carbocycles. The standard InChI is InChI=1S/C12H14INO4S/c1-18-12(15)9-6-7-14(8-9)19(16,17)11-4-2-10(13)3-5-11/h2-5,9H,6-8H2,1H3. The van der Waals surface area contributed by atoms with Crippen LogP contribution in [-0.2, 0) is 19.6 Å². The Morgan fingerprint density at radius 1 is 1.37 bits per heavy atom. The van der Waals surface area contributed by atoms with Crippen molar-refractivity contribution in [1.82, 2.24) is 4.31 Å². The van der Waals surface area contributed by atoms with E-state index in [1.54, 1.807) is 24.3 Å². The molecular weight excluding hydrogens is 381 g/mol. The van der Waals surface area contributed by atoms with E-state index in [9.17, 15) is 13.2 Å². The van der Waals surface area contributed by atoms with Crippen LogP contribution in [0.4, 0.5) is 0 Å². The summed E-state index contributed by atoms with van der Waals surface area (Å²) < 4.78 is 31.7. The third-order valence-electron chi connectivity index (χ3n) is 3.14. The van der Waals surface area contributed by atoms with Crippen molar-refractivity contribution in [3.8, 4) is 0 Å². The smallest absolute Gasteiger partial charge is 0.310 e. The first-order chi connectivity index (χ1) is 8.95. The highest BCUT2D eigenvalue weighted by atomic mass is 127. The van der Waals surface area contributed by atoms with Gasteiger partial charge in [-0.15, -0.1) is 0 Å². The molecule has 19 heavy (non-hydrogen) atoms. The number of esters is 1. The summed E-state index contributed by atoms with van der Waals surface area (Å²) >= 11 is 2.12. The Balaban J connectivity index is 2.18. The molecule has 1 fully saturated rings. The van der Waals surface area contributed by atoms with Crippen molar-refractivity contribution in [2.24, 2.45) is 5.92 Å². The summed E-state index contributed by atoms with van der Waals surface area (Å²) in [6, 6.07) is 6.67. The number of sulfonamides is 1. The van der Waals surface area contributed by atoms with E-state index >= 15 is 0 Å². The molecule has 0 bridgehead atoms. The Morgan fingerprint density at radius 3 is 2.58 bits per heavy atom. The molecule has 1 aromatic rings. The predicted octanol–water partition coefficient (Wildman–Crippen LogP) is 1.47. The van der Waals surface area contributed by atoms with E-state index < -0.39 is 10.0 Å². The molecular formula is C12H14INO4S. The lowest BCUT2D eigenvalue weighted by Gasteiger charge is -2.16. The van der Waals surface area contributed by atoms with Gasteiger partial charge in [-0.25, -0.2) is 8.42 Å². The number of benzene rings is 1. The Kier molecular flexibility index (Phi) is 4.46. The van der Waals surface area contributed by atoms with Crippen molar-refractivity contribution >= 4 is 38.6 Å². The molecule has 1 aromatic carbocycles. The minimum absolute atomic E-state index is 0.195. The highest BCUT2D eigenvalue weighted by Gasteiger charge is 2.36. The second-order valence-corrected chi connectivity index (χ2v) is 7.51. The van der Waals surface area contributed by atoms with Gasteiger partial charge in [-0.3, -0.25) is 4.79 Å². The van der Waals surface area contributed by atoms with Crippen molar-refractivity contribution in [2.45, 2.75) is 11.3 Å². The van der Waals surface area contributed by atoms with Crippen LogP contribution in [0.25, 0.3) is 0 Å². The van der Waals surface area contributed by atoms with E-state index in [1.165, 1.54) is 11.4 Å². The summed E-state index contributed by atoms with van der Waals surface area (Å²) in [7, 11) is -2.19. The fourth-order valence-electron chi connectivity index (χ4n) is 2.06. The summed E-state index contributed by atoms with van der Waals surface area (Å²) in [6.07, 6.45) is 0.510. The Bertz CT molecular complexity index is 570. The molecule has 1 saturated heterocycles. The van der Waals surface area contributed by atoms with E-state index in [0.29, 0.717) is 13.0 Å². The largest absolute Gasteiger partial charge is 0.469 e. The van der Waals surface area contributed by atoms with E-state index in [1.807, 2.05) is 0 Å². The molecule has 0 saturated carbocycles. The first-order valence-corrected chi connectivity index (χ1v) is 8.30. The van der Waals surface area contributed by atoms with E-state index in [4.69, 9.17) is 0 Å². The Hall–Kier alpha value is -0.670. The molecule has 1 unspecified atom stereocenters. The number of methoxy groups -OCH3 is 1. The molecule has 0 aromatic heterocycles. The summed E-state index contributed by atoms with van der Waals surface area (Å²) in [5, 5.41) is 0. The molecule has 1 heterocycles. The van der Waals surface area contributed by atoms with Gasteiger partial charge in [-0.1, -0.05) is 0 Å². The zero-order chi connectivity index (χ0) is 14.0. The number of carbonyl (C=O) groups excluding carboxylic acids is 1. The highest BCUT2D eigenvalue weighted by Crippen LogP contribution is 2.25. The highest BCUT2D eigenvalue weighted by molar-refractivity contribution is 14.1. The zero-order valence-corrected chi connectivity index (χ0v) is 13.3. The van der Waals surface area contributed by atoms with Gasteiger partial charge in [0.1, 0.15) is 0 Å². The first-order valence-electron chi connectivity index (χ1n) is 5.78. The Morgan fingerprint density at radius 2 is 2.00 bits per heavy atom. The quantitative estimate of drug-likeness (QED) is 0.575. The van der Waals surface area contributed by atoms with Crippen LogP contribution in [0.1, 0.15) is 6.42 Å². The fourth-order valence-corrected chi connectivity index (χ4v) is 3.92. The summed E-state index contributed by atoms with van der Waals surface area (Å²) in [4.78, 5) is 11.7. The summed E-state index contributed by atoms with van der Waals surface area (Å²) in [5.41, 5.74) is 0. The van der Waals surface area contributed by atoms with Crippen LogP contribution in [0.3, 0.4) is 0 Å². The van der Waals surface area contributed by atoms with E-state index in [0.717, 1.165) is 3.57 Å². The average Bonchev–Trinajstić information content (AvgIpc) is 2.88. The zero-order valence-electron chi connectivity index (χ0n) is 10.4. The van der Waals surface area contributed by atoms with Crippen LogP contribution in [0.15, 0.2) is 29.2 Å². The van der Waals surface area contributed by atoms with Crippen molar-refractivity contribution < 1.29 is 17.9 Å². The molecule has 5 nitrogen and oxygen atoms in total. The number of hydrogen-bond acceptors (Lipinski definition) is 4. The molecule has 1 aliphatic heterocycles. The number of ether oxygens (including phenoxy) is 1. The molecule has 0 spiro atoms. The average molecular weight is 395 g/mol. The lowest BCUT2D eigenvalue weighted by atomic mass is 10.1. The molecule has 1 aliphatic rings. The van der Waals surface area contributed by atoms with Crippen molar-refractivity contribution in [1.29, 1.82) is 0 Å². The maximum atomic E-state index is 12.4. The monoisotopic (exact) mass is 395 g/mol. The van der Waals surface area contributed by atoms with Gasteiger partial charge in [0.2, 0.25) is 10.0 Å². The van der Waals surface area contributed by atoms with Crippen molar-refractivity contribution in [3.63, 3.8) is 0 Å². The maximum Gasteiger partial charge on any atom is 0.310 e. The van der Waals surface area contributed by atoms with E-state index in [2.05, 4.69) is 27.3 Å². The Labute approximate surface area is 126 Å². The molecule has 0 N–H and O–H groups in total. The van der Waals surface area contributed by atoms with E-state index in [-0.39, 0.29) is 23.3 Å². The van der Waals surface area contributed by atoms with Crippen molar-refractivity contribution in [3.05, 3.63) is 27.8 Å². The normalized spacial score (nSPS) is 20.4. The van der Waals surface area contributed by atoms with Gasteiger partial charge in [0, 0.05) is 16.7 Å². The van der Waals surface area contributed by atoms with Crippen LogP contribution in [0.5, 0.6) is 0 Å². The van der Waals surface area contributed by atoms with Gasteiger partial charge < -0.3 is 4.74 Å². The summed E-state index contributed by atoms with van der Waals surface area (Å²) in [6.45, 7) is 0.551. The summed E-state index contributed by atoms with van der Waals surface area (Å²) in [5.74, 6) is -0.705. The van der Waals surface area contributed by atoms with Gasteiger partial charge in [0.25, 0.3) is 0 Å². The lowest BCUT2D eigenvalue weighted by molar-refractivity contribution is -0.144. The fraction of sp³-hybridized carbons (Fsp3) is 0.417. The molecule has 104 valence electrons. The lowest BCUT2D eigenvalue weighted by Crippen LogP contribution is -2.30.